The number of aromatic nitrogens is 2. The molecule has 0 spiro atoms. The summed E-state index contributed by atoms with van der Waals surface area (Å²) in [6, 6.07) is 11.2. The number of benzene rings is 1. The summed E-state index contributed by atoms with van der Waals surface area (Å²) >= 11 is 2.86. The number of hydrogen-bond acceptors (Lipinski definition) is 7. The second-order valence-electron chi connectivity index (χ2n) is 9.69. The molecule has 5 rings (SSSR count). The third kappa shape index (κ3) is 5.05. The molecular weight excluding hydrogens is 527 g/mol. The molecule has 1 aromatic carbocycles. The van der Waals surface area contributed by atoms with Crippen LogP contribution in [0.1, 0.15) is 32.1 Å². The van der Waals surface area contributed by atoms with E-state index in [1.54, 1.807) is 35.8 Å². The van der Waals surface area contributed by atoms with Gasteiger partial charge in [0.1, 0.15) is 9.22 Å². The van der Waals surface area contributed by atoms with E-state index >= 15 is 0 Å². The number of aromatic amines is 1. The van der Waals surface area contributed by atoms with Crippen molar-refractivity contribution in [1.82, 2.24) is 19.8 Å². The van der Waals surface area contributed by atoms with E-state index in [1.165, 1.54) is 15.6 Å². The van der Waals surface area contributed by atoms with Crippen LogP contribution in [-0.2, 0) is 21.4 Å². The molecule has 37 heavy (non-hydrogen) atoms. The fraction of sp³-hybridized carbons (Fsp3) is 0.385. The first-order chi connectivity index (χ1) is 17.6. The summed E-state index contributed by atoms with van der Waals surface area (Å²) in [6.45, 7) is 8.00. The molecular formula is C26H31N5O3S3. The molecule has 196 valence electrons. The van der Waals surface area contributed by atoms with Gasteiger partial charge in [-0.2, -0.15) is 0 Å². The van der Waals surface area contributed by atoms with Gasteiger partial charge in [0.25, 0.3) is 10.0 Å². The van der Waals surface area contributed by atoms with Crippen LogP contribution >= 0.6 is 22.7 Å². The number of thiophene rings is 1. The largest absolute Gasteiger partial charge is 0.351 e. The molecule has 0 aliphatic carbocycles. The number of rotatable bonds is 8. The smallest absolute Gasteiger partial charge is 0.274 e. The number of likely N-dealkylation sites (tertiary alicyclic amines) is 1. The highest BCUT2D eigenvalue weighted by Gasteiger charge is 2.30. The highest BCUT2D eigenvalue weighted by molar-refractivity contribution is 7.94. The molecule has 1 N–H and O–H groups in total. The van der Waals surface area contributed by atoms with Crippen molar-refractivity contribution < 1.29 is 13.2 Å². The minimum Gasteiger partial charge on any atom is -0.351 e. The number of likely N-dealkylation sites (N-methyl/N-ethyl adjacent to an activating group) is 1. The first-order valence-electron chi connectivity index (χ1n) is 12.3. The fourth-order valence-electron chi connectivity index (χ4n) is 4.89. The van der Waals surface area contributed by atoms with E-state index in [4.69, 9.17) is 0 Å². The number of para-hydroxylation sites is 1. The number of carbonyl (C=O) groups excluding carboxylic acids is 1. The molecule has 1 unspecified atom stereocenters. The van der Waals surface area contributed by atoms with Gasteiger partial charge in [-0.3, -0.25) is 14.0 Å². The van der Waals surface area contributed by atoms with Gasteiger partial charge >= 0.3 is 0 Å². The number of nitrogens with zero attached hydrogens (tertiary/aromatic N) is 4. The first-order valence-corrected chi connectivity index (χ1v) is 15.4. The van der Waals surface area contributed by atoms with E-state index in [0.717, 1.165) is 52.5 Å². The number of nitrogens with one attached hydrogen (secondary N) is 1. The maximum Gasteiger partial charge on any atom is 0.274 e. The number of H-pyrrole nitrogens is 1. The third-order valence-electron chi connectivity index (χ3n) is 6.80. The molecule has 3 aromatic heterocycles. The van der Waals surface area contributed by atoms with E-state index in [9.17, 15) is 13.2 Å². The Kier molecular flexibility index (Phi) is 7.14. The maximum absolute atomic E-state index is 13.5. The number of fused-ring (bicyclic) bond motifs is 1. The Bertz CT molecular complexity index is 1510. The normalized spacial score (nSPS) is 16.6. The van der Waals surface area contributed by atoms with Crippen molar-refractivity contribution in [3.05, 3.63) is 52.9 Å². The first kappa shape index (κ1) is 25.9. The van der Waals surface area contributed by atoms with Gasteiger partial charge in [-0.05, 0) is 43.8 Å². The summed E-state index contributed by atoms with van der Waals surface area (Å²) in [7, 11) is -1.82. The van der Waals surface area contributed by atoms with Crippen LogP contribution in [0.4, 0.5) is 5.69 Å². The zero-order valence-corrected chi connectivity index (χ0v) is 23.8. The summed E-state index contributed by atoms with van der Waals surface area (Å²) in [5.74, 6) is 0.101. The second kappa shape index (κ2) is 10.2. The van der Waals surface area contributed by atoms with Crippen LogP contribution in [0.15, 0.2) is 52.2 Å². The monoisotopic (exact) mass is 557 g/mol. The van der Waals surface area contributed by atoms with Gasteiger partial charge in [-0.1, -0.05) is 18.2 Å². The van der Waals surface area contributed by atoms with Crippen molar-refractivity contribution in [3.63, 3.8) is 0 Å². The number of anilines is 1. The lowest BCUT2D eigenvalue weighted by atomic mass is 10.2. The Morgan fingerprint density at radius 3 is 2.78 bits per heavy atom. The van der Waals surface area contributed by atoms with Crippen LogP contribution in [0.5, 0.6) is 0 Å². The second-order valence-corrected chi connectivity index (χ2v) is 13.8. The van der Waals surface area contributed by atoms with Gasteiger partial charge in [0, 0.05) is 62.1 Å². The molecule has 1 aliphatic heterocycles. The summed E-state index contributed by atoms with van der Waals surface area (Å²) in [6.07, 6.45) is 2.89. The predicted octanol–water partition coefficient (Wildman–Crippen LogP) is 5.01. The van der Waals surface area contributed by atoms with Gasteiger partial charge in [-0.15, -0.1) is 22.7 Å². The molecule has 4 heterocycles. The molecule has 0 radical (unpaired) electrons. The Hall–Kier alpha value is -2.73. The van der Waals surface area contributed by atoms with Crippen LogP contribution in [0.2, 0.25) is 0 Å². The minimum absolute atomic E-state index is 0.101. The van der Waals surface area contributed by atoms with E-state index in [-0.39, 0.29) is 18.0 Å². The average Bonchev–Trinajstić information content (AvgIpc) is 3.65. The summed E-state index contributed by atoms with van der Waals surface area (Å²) in [5.41, 5.74) is 2.27. The van der Waals surface area contributed by atoms with Crippen LogP contribution in [-0.4, -0.2) is 66.3 Å². The van der Waals surface area contributed by atoms with Crippen molar-refractivity contribution in [3.8, 4) is 10.7 Å². The number of hydrogen-bond donors (Lipinski definition) is 1. The number of carbonyl (C=O) groups is 1. The third-order valence-corrected chi connectivity index (χ3v) is 11.2. The average molecular weight is 558 g/mol. The molecule has 0 bridgehead atoms. The van der Waals surface area contributed by atoms with Crippen molar-refractivity contribution in [2.24, 2.45) is 0 Å². The molecule has 1 amide bonds. The Morgan fingerprint density at radius 2 is 2.08 bits per heavy atom. The zero-order valence-electron chi connectivity index (χ0n) is 21.3. The lowest BCUT2D eigenvalue weighted by Crippen LogP contribution is -2.37. The van der Waals surface area contributed by atoms with Gasteiger partial charge in [-0.25, -0.2) is 13.4 Å². The summed E-state index contributed by atoms with van der Waals surface area (Å²) in [4.78, 5) is 25.2. The lowest BCUT2D eigenvalue weighted by Gasteiger charge is -2.28. The quantitative estimate of drug-likeness (QED) is 0.329. The fourth-order valence-corrected chi connectivity index (χ4v) is 8.57. The van der Waals surface area contributed by atoms with Gasteiger partial charge < -0.3 is 9.88 Å². The van der Waals surface area contributed by atoms with Crippen molar-refractivity contribution >= 4 is 55.2 Å². The van der Waals surface area contributed by atoms with Crippen molar-refractivity contribution in [2.75, 3.05) is 24.4 Å². The van der Waals surface area contributed by atoms with Crippen LogP contribution in [0.3, 0.4) is 0 Å². The molecule has 1 atom stereocenters. The van der Waals surface area contributed by atoms with Crippen LogP contribution in [0, 0.1) is 0 Å². The number of thiazole rings is 1. The molecule has 0 saturated carbocycles. The van der Waals surface area contributed by atoms with Crippen molar-refractivity contribution in [1.29, 1.82) is 0 Å². The van der Waals surface area contributed by atoms with Gasteiger partial charge in [0.05, 0.1) is 16.9 Å². The Labute approximate surface area is 225 Å². The predicted molar refractivity (Wildman–Crippen MR) is 151 cm³/mol. The van der Waals surface area contributed by atoms with E-state index in [2.05, 4.69) is 14.9 Å². The SMILES string of the molecule is CC(=O)N(C)C1CCN(Cc2cnc(-c3cc4cccc(N(C(C)C)S(=O)(=O)c5cccs5)c4[nH]3)s2)C1. The van der Waals surface area contributed by atoms with E-state index < -0.39 is 10.0 Å². The van der Waals surface area contributed by atoms with Crippen LogP contribution < -0.4 is 4.31 Å². The summed E-state index contributed by atoms with van der Waals surface area (Å²) in [5, 5.41) is 3.58. The standard InChI is InChI=1S/C26H31N5O3S3/c1-17(2)31(37(33,34)24-9-6-12-35-24)23-8-5-7-19-13-22(28-25(19)23)26-27-14-21(36-26)16-30-11-10-20(15-30)29(4)18(3)32/h5-9,12-14,17,20,28H,10-11,15-16H2,1-4H3. The maximum atomic E-state index is 13.5. The van der Waals surface area contributed by atoms with Gasteiger partial charge in [0.15, 0.2) is 0 Å². The molecule has 11 heteroatoms. The topological polar surface area (TPSA) is 89.6 Å². The molecule has 1 fully saturated rings. The Balaban J connectivity index is 1.41. The lowest BCUT2D eigenvalue weighted by molar-refractivity contribution is -0.129. The number of sulfonamides is 1. The summed E-state index contributed by atoms with van der Waals surface area (Å²) < 4.78 is 28.8. The molecule has 1 aliphatic rings. The molecule has 1 saturated heterocycles. The molecule has 8 nitrogen and oxygen atoms in total. The Morgan fingerprint density at radius 1 is 1.27 bits per heavy atom. The molecule has 4 aromatic rings. The van der Waals surface area contributed by atoms with Crippen molar-refractivity contribution in [2.45, 2.75) is 50.0 Å². The minimum atomic E-state index is -3.69. The van der Waals surface area contributed by atoms with Crippen LogP contribution in [0.25, 0.3) is 21.6 Å². The van der Waals surface area contributed by atoms with E-state index in [0.29, 0.717) is 9.90 Å². The number of amides is 1. The highest BCUT2D eigenvalue weighted by atomic mass is 32.2. The zero-order chi connectivity index (χ0) is 26.3. The highest BCUT2D eigenvalue weighted by Crippen LogP contribution is 2.36. The van der Waals surface area contributed by atoms with Gasteiger partial charge in [0.2, 0.25) is 5.91 Å². The van der Waals surface area contributed by atoms with E-state index in [1.807, 2.05) is 56.3 Å².